The first-order valence-electron chi connectivity index (χ1n) is 3.60. The standard InChI is InChI=1S/C8H9FN2O2/c1-13-8(12)7(10)5-2-3-6(9)11-4-5/h2-4,7H,10H2,1H3. The predicted molar refractivity (Wildman–Crippen MR) is 43.1 cm³/mol. The Hall–Kier alpha value is -1.49. The molecule has 5 heteroatoms. The van der Waals surface area contributed by atoms with E-state index in [-0.39, 0.29) is 0 Å². The summed E-state index contributed by atoms with van der Waals surface area (Å²) in [7, 11) is 1.24. The summed E-state index contributed by atoms with van der Waals surface area (Å²) in [6.45, 7) is 0. The molecule has 0 aliphatic rings. The second-order valence-electron chi connectivity index (χ2n) is 2.42. The van der Waals surface area contributed by atoms with Crippen molar-refractivity contribution in [2.75, 3.05) is 7.11 Å². The van der Waals surface area contributed by atoms with Crippen LogP contribution in [0.2, 0.25) is 0 Å². The van der Waals surface area contributed by atoms with E-state index in [4.69, 9.17) is 5.73 Å². The predicted octanol–water partition coefficient (Wildman–Crippen LogP) is 0.393. The maximum absolute atomic E-state index is 12.4. The molecule has 0 aliphatic carbocycles. The first-order valence-corrected chi connectivity index (χ1v) is 3.60. The van der Waals surface area contributed by atoms with E-state index in [0.717, 1.165) is 6.07 Å². The van der Waals surface area contributed by atoms with Crippen molar-refractivity contribution >= 4 is 5.97 Å². The molecule has 13 heavy (non-hydrogen) atoms. The van der Waals surface area contributed by atoms with Gasteiger partial charge in [0, 0.05) is 6.20 Å². The minimum atomic E-state index is -0.905. The number of ether oxygens (including phenoxy) is 1. The summed E-state index contributed by atoms with van der Waals surface area (Å²) in [5.74, 6) is -1.19. The Kier molecular flexibility index (Phi) is 2.92. The SMILES string of the molecule is COC(=O)C(N)c1ccc(F)nc1. The number of rotatable bonds is 2. The third-order valence-corrected chi connectivity index (χ3v) is 1.56. The van der Waals surface area contributed by atoms with Crippen LogP contribution in [0.4, 0.5) is 4.39 Å². The molecule has 70 valence electrons. The summed E-state index contributed by atoms with van der Waals surface area (Å²) in [6, 6.07) is 1.63. The maximum Gasteiger partial charge on any atom is 0.327 e. The molecule has 2 N–H and O–H groups in total. The van der Waals surface area contributed by atoms with E-state index < -0.39 is 18.0 Å². The molecule has 0 aliphatic heterocycles. The average molecular weight is 184 g/mol. The zero-order valence-electron chi connectivity index (χ0n) is 7.03. The molecular formula is C8H9FN2O2. The molecule has 0 saturated heterocycles. The number of methoxy groups -OCH3 is 1. The van der Waals surface area contributed by atoms with Crippen molar-refractivity contribution in [2.24, 2.45) is 5.73 Å². The lowest BCUT2D eigenvalue weighted by Gasteiger charge is -2.07. The van der Waals surface area contributed by atoms with Gasteiger partial charge in [-0.3, -0.25) is 4.79 Å². The highest BCUT2D eigenvalue weighted by Crippen LogP contribution is 2.09. The van der Waals surface area contributed by atoms with Crippen molar-refractivity contribution in [3.8, 4) is 0 Å². The van der Waals surface area contributed by atoms with E-state index in [2.05, 4.69) is 9.72 Å². The Morgan fingerprint density at radius 3 is 2.85 bits per heavy atom. The minimum absolute atomic E-state index is 0.424. The van der Waals surface area contributed by atoms with Crippen molar-refractivity contribution in [1.82, 2.24) is 4.98 Å². The van der Waals surface area contributed by atoms with Crippen molar-refractivity contribution in [3.63, 3.8) is 0 Å². The van der Waals surface area contributed by atoms with Gasteiger partial charge < -0.3 is 10.5 Å². The Morgan fingerprint density at radius 2 is 2.38 bits per heavy atom. The number of carbonyl (C=O) groups is 1. The van der Waals surface area contributed by atoms with Gasteiger partial charge >= 0.3 is 5.97 Å². The number of carbonyl (C=O) groups excluding carboxylic acids is 1. The first-order chi connectivity index (χ1) is 6.15. The average Bonchev–Trinajstić information content (AvgIpc) is 2.17. The van der Waals surface area contributed by atoms with Crippen LogP contribution in [0, 0.1) is 5.95 Å². The molecule has 0 radical (unpaired) electrons. The monoisotopic (exact) mass is 184 g/mol. The van der Waals surface area contributed by atoms with E-state index in [1.807, 2.05) is 0 Å². The first kappa shape index (κ1) is 9.60. The third kappa shape index (κ3) is 2.22. The van der Waals surface area contributed by atoms with E-state index in [1.54, 1.807) is 0 Å². The van der Waals surface area contributed by atoms with Crippen LogP contribution in [0.5, 0.6) is 0 Å². The van der Waals surface area contributed by atoms with Crippen molar-refractivity contribution in [2.45, 2.75) is 6.04 Å². The maximum atomic E-state index is 12.4. The van der Waals surface area contributed by atoms with Gasteiger partial charge in [0.05, 0.1) is 7.11 Å². The topological polar surface area (TPSA) is 65.2 Å². The van der Waals surface area contributed by atoms with Crippen LogP contribution in [-0.4, -0.2) is 18.1 Å². The molecule has 0 saturated carbocycles. The zero-order valence-corrected chi connectivity index (χ0v) is 7.03. The lowest BCUT2D eigenvalue weighted by atomic mass is 10.1. The van der Waals surface area contributed by atoms with E-state index in [0.29, 0.717) is 5.56 Å². The number of halogens is 1. The molecule has 1 rings (SSSR count). The molecule has 0 amide bonds. The molecule has 0 spiro atoms. The molecule has 4 nitrogen and oxygen atoms in total. The van der Waals surface area contributed by atoms with E-state index in [9.17, 15) is 9.18 Å². The number of hydrogen-bond acceptors (Lipinski definition) is 4. The number of esters is 1. The molecule has 1 atom stereocenters. The number of aromatic nitrogens is 1. The van der Waals surface area contributed by atoms with Gasteiger partial charge in [-0.05, 0) is 11.6 Å². The summed E-state index contributed by atoms with van der Waals surface area (Å²) < 4.78 is 16.8. The number of nitrogens with zero attached hydrogens (tertiary/aromatic N) is 1. The third-order valence-electron chi connectivity index (χ3n) is 1.56. The fraction of sp³-hybridized carbons (Fsp3) is 0.250. The van der Waals surface area contributed by atoms with Gasteiger partial charge in [0.2, 0.25) is 5.95 Å². The van der Waals surface area contributed by atoms with Gasteiger partial charge in [-0.25, -0.2) is 4.98 Å². The second kappa shape index (κ2) is 3.95. The van der Waals surface area contributed by atoms with Crippen LogP contribution >= 0.6 is 0 Å². The van der Waals surface area contributed by atoms with E-state index in [1.165, 1.54) is 19.4 Å². The lowest BCUT2D eigenvalue weighted by Crippen LogP contribution is -2.22. The lowest BCUT2D eigenvalue weighted by molar-refractivity contribution is -0.142. The van der Waals surface area contributed by atoms with Gasteiger partial charge in [-0.1, -0.05) is 6.07 Å². The van der Waals surface area contributed by atoms with Gasteiger partial charge in [0.15, 0.2) is 0 Å². The minimum Gasteiger partial charge on any atom is -0.468 e. The normalized spacial score (nSPS) is 12.2. The molecule has 1 aromatic rings. The quantitative estimate of drug-likeness (QED) is 0.533. The van der Waals surface area contributed by atoms with Crippen molar-refractivity contribution < 1.29 is 13.9 Å². The molecule has 1 heterocycles. The fourth-order valence-electron chi connectivity index (χ4n) is 0.834. The summed E-state index contributed by atoms with van der Waals surface area (Å²) in [5, 5.41) is 0. The van der Waals surface area contributed by atoms with Gasteiger partial charge in [0.1, 0.15) is 6.04 Å². The van der Waals surface area contributed by atoms with Gasteiger partial charge in [0.25, 0.3) is 0 Å². The largest absolute Gasteiger partial charge is 0.468 e. The fourth-order valence-corrected chi connectivity index (χ4v) is 0.834. The van der Waals surface area contributed by atoms with Crippen LogP contribution in [0.1, 0.15) is 11.6 Å². The van der Waals surface area contributed by atoms with Gasteiger partial charge in [-0.2, -0.15) is 4.39 Å². The second-order valence-corrected chi connectivity index (χ2v) is 2.42. The van der Waals surface area contributed by atoms with Crippen LogP contribution in [0.3, 0.4) is 0 Å². The summed E-state index contributed by atoms with van der Waals surface area (Å²) >= 11 is 0. The summed E-state index contributed by atoms with van der Waals surface area (Å²) in [4.78, 5) is 14.3. The smallest absolute Gasteiger partial charge is 0.327 e. The highest BCUT2D eigenvalue weighted by molar-refractivity contribution is 5.76. The number of hydrogen-bond donors (Lipinski definition) is 1. The molecule has 1 aromatic heterocycles. The van der Waals surface area contributed by atoms with Gasteiger partial charge in [-0.15, -0.1) is 0 Å². The van der Waals surface area contributed by atoms with Crippen LogP contribution in [0.25, 0.3) is 0 Å². The van der Waals surface area contributed by atoms with E-state index >= 15 is 0 Å². The van der Waals surface area contributed by atoms with Crippen LogP contribution in [0.15, 0.2) is 18.3 Å². The van der Waals surface area contributed by atoms with Crippen molar-refractivity contribution in [1.29, 1.82) is 0 Å². The van der Waals surface area contributed by atoms with Crippen molar-refractivity contribution in [3.05, 3.63) is 29.8 Å². The molecule has 1 unspecified atom stereocenters. The Labute approximate surface area is 74.5 Å². The Bertz CT molecular complexity index is 300. The molecule has 0 bridgehead atoms. The summed E-state index contributed by atoms with van der Waals surface area (Å²) in [6.07, 6.45) is 1.21. The summed E-state index contributed by atoms with van der Waals surface area (Å²) in [5.41, 5.74) is 5.89. The highest BCUT2D eigenvalue weighted by Gasteiger charge is 2.15. The highest BCUT2D eigenvalue weighted by atomic mass is 19.1. The Balaban J connectivity index is 2.83. The molecule has 0 fully saturated rings. The number of nitrogens with two attached hydrogens (primary N) is 1. The van der Waals surface area contributed by atoms with Crippen LogP contribution in [-0.2, 0) is 9.53 Å². The van der Waals surface area contributed by atoms with Crippen LogP contribution < -0.4 is 5.73 Å². The molecular weight excluding hydrogens is 175 g/mol. The Morgan fingerprint density at radius 1 is 1.69 bits per heavy atom. The zero-order chi connectivity index (χ0) is 9.84. The molecule has 0 aromatic carbocycles. The number of pyridine rings is 1.